The predicted octanol–water partition coefficient (Wildman–Crippen LogP) is 4.62. The molecule has 2 unspecified atom stereocenters. The van der Waals surface area contributed by atoms with E-state index in [1.165, 1.54) is 37.4 Å². The van der Waals surface area contributed by atoms with Gasteiger partial charge in [-0.25, -0.2) is 16.8 Å². The van der Waals surface area contributed by atoms with E-state index in [1.54, 1.807) is 31.4 Å². The zero-order chi connectivity index (χ0) is 41.5. The van der Waals surface area contributed by atoms with Crippen LogP contribution in [0.5, 0.6) is 0 Å². The predicted molar refractivity (Wildman–Crippen MR) is 207 cm³/mol. The highest BCUT2D eigenvalue weighted by atomic mass is 32.2. The van der Waals surface area contributed by atoms with Crippen molar-refractivity contribution in [3.63, 3.8) is 0 Å². The van der Waals surface area contributed by atoms with E-state index in [0.717, 1.165) is 11.4 Å². The zero-order valence-corrected chi connectivity index (χ0v) is 34.3. The van der Waals surface area contributed by atoms with Gasteiger partial charge in [-0.3, -0.25) is 9.35 Å². The number of carboxylic acids is 1. The second-order valence-electron chi connectivity index (χ2n) is 14.2. The summed E-state index contributed by atoms with van der Waals surface area (Å²) in [6.07, 6.45) is 11.7. The van der Waals surface area contributed by atoms with Gasteiger partial charge in [-0.05, 0) is 81.5 Å². The topological polar surface area (TPSA) is 231 Å². The molecule has 56 heavy (non-hydrogen) atoms. The van der Waals surface area contributed by atoms with Crippen molar-refractivity contribution in [2.75, 3.05) is 51.2 Å². The molecule has 0 aliphatic carbocycles. The molecule has 18 heteroatoms. The number of ether oxygens (including phenoxy) is 2. The van der Waals surface area contributed by atoms with Gasteiger partial charge in [0.15, 0.2) is 5.71 Å². The van der Waals surface area contributed by atoms with Crippen LogP contribution < -0.4 is 4.90 Å². The summed E-state index contributed by atoms with van der Waals surface area (Å²) < 4.78 is 118. The van der Waals surface area contributed by atoms with Crippen LogP contribution in [0.3, 0.4) is 0 Å². The average molecular weight is 838 g/mol. The van der Waals surface area contributed by atoms with Crippen molar-refractivity contribution in [3.8, 4) is 0 Å². The third-order valence-corrected chi connectivity index (χ3v) is 12.9. The molecule has 15 nitrogen and oxygen atoms in total. The fourth-order valence-corrected chi connectivity index (χ4v) is 8.97. The van der Waals surface area contributed by atoms with Crippen molar-refractivity contribution in [1.29, 1.82) is 0 Å². The summed E-state index contributed by atoms with van der Waals surface area (Å²) in [5.74, 6) is -1.39. The Bertz CT molecular complexity index is 2250. The standard InChI is InChI=1S/C38H50N2O13S3/c1-37(19-23-52-3)30-26-28(55(46,47)48)15-17-32(30)39(21-10-6-9-14-36(41)42)34(37)12-7-5-8-13-35-38(2,20-24-53-4)31-27-29(56(49,50)51)16-18-33(31)40(35)22-11-25-54(43,44)45/h5,7-8,12-13,15-18,26-27H,6,9-11,14,19-25H2,1-4H3,(H3-,41,42,43,44,45,46,47,48,49,50,51)/p-1. The molecule has 2 N–H and O–H groups in total. The fourth-order valence-electron chi connectivity index (χ4n) is 7.48. The minimum absolute atomic E-state index is 0.0378. The highest BCUT2D eigenvalue weighted by Crippen LogP contribution is 2.51. The average Bonchev–Trinajstić information content (AvgIpc) is 3.48. The van der Waals surface area contributed by atoms with Gasteiger partial charge in [-0.1, -0.05) is 24.6 Å². The minimum Gasteiger partial charge on any atom is -0.744 e. The third kappa shape index (κ3) is 10.6. The molecular formula is C38H49N2O13S3-. The molecule has 0 aromatic heterocycles. The Labute approximate surface area is 329 Å². The number of fused-ring (bicyclic) bond motifs is 2. The van der Waals surface area contributed by atoms with Crippen molar-refractivity contribution < 1.29 is 62.9 Å². The molecule has 0 saturated heterocycles. The van der Waals surface area contributed by atoms with E-state index in [1.807, 2.05) is 35.5 Å². The van der Waals surface area contributed by atoms with E-state index >= 15 is 0 Å². The number of carboxylic acid groups (broad SMARTS) is 1. The van der Waals surface area contributed by atoms with Crippen molar-refractivity contribution in [2.45, 2.75) is 79.4 Å². The normalized spacial score (nSPS) is 20.8. The molecule has 4 rings (SSSR count). The Morgan fingerprint density at radius 1 is 0.821 bits per heavy atom. The number of methoxy groups -OCH3 is 2. The molecule has 2 aromatic rings. The number of hydrogen-bond acceptors (Lipinski definition) is 12. The van der Waals surface area contributed by atoms with Gasteiger partial charge in [-0.2, -0.15) is 13.0 Å². The second-order valence-corrected chi connectivity index (χ2v) is 18.6. The summed E-state index contributed by atoms with van der Waals surface area (Å²) in [4.78, 5) is 12.4. The van der Waals surface area contributed by atoms with Crippen molar-refractivity contribution in [1.82, 2.24) is 0 Å². The zero-order valence-electron chi connectivity index (χ0n) is 31.8. The summed E-state index contributed by atoms with van der Waals surface area (Å²) in [5.41, 5.74) is 2.29. The first-order chi connectivity index (χ1) is 26.2. The van der Waals surface area contributed by atoms with Crippen molar-refractivity contribution in [3.05, 3.63) is 83.6 Å². The van der Waals surface area contributed by atoms with E-state index in [4.69, 9.17) is 14.6 Å². The van der Waals surface area contributed by atoms with Gasteiger partial charge in [0.2, 0.25) is 5.69 Å². The minimum atomic E-state index is -4.80. The van der Waals surface area contributed by atoms with Gasteiger partial charge in [0, 0.05) is 81.3 Å². The van der Waals surface area contributed by atoms with E-state index in [2.05, 4.69) is 0 Å². The number of hydrogen-bond donors (Lipinski definition) is 2. The maximum absolute atomic E-state index is 12.1. The van der Waals surface area contributed by atoms with Crippen LogP contribution in [0, 0.1) is 0 Å². The highest BCUT2D eigenvalue weighted by molar-refractivity contribution is 7.86. The molecule has 2 heterocycles. The first kappa shape index (κ1) is 45.0. The summed E-state index contributed by atoms with van der Waals surface area (Å²) in [6.45, 7) is 5.04. The monoisotopic (exact) mass is 837 g/mol. The van der Waals surface area contributed by atoms with E-state index in [-0.39, 0.29) is 30.9 Å². The highest BCUT2D eigenvalue weighted by Gasteiger charge is 2.48. The van der Waals surface area contributed by atoms with Crippen molar-refractivity contribution in [2.24, 2.45) is 0 Å². The molecule has 2 aromatic carbocycles. The number of nitrogens with zero attached hydrogens (tertiary/aromatic N) is 2. The molecule has 308 valence electrons. The summed E-state index contributed by atoms with van der Waals surface area (Å²) in [5, 5.41) is 9.09. The summed E-state index contributed by atoms with van der Waals surface area (Å²) >= 11 is 0. The molecule has 2 aliphatic rings. The first-order valence-corrected chi connectivity index (χ1v) is 22.4. The number of unbranched alkanes of at least 4 members (excludes halogenated alkanes) is 2. The Hall–Kier alpha value is -3.75. The van der Waals surface area contributed by atoms with Gasteiger partial charge in [-0.15, -0.1) is 0 Å². The maximum Gasteiger partial charge on any atom is 0.303 e. The molecule has 0 spiro atoms. The summed E-state index contributed by atoms with van der Waals surface area (Å²) in [6, 6.07) is 8.36. The first-order valence-electron chi connectivity index (χ1n) is 18.0. The summed E-state index contributed by atoms with van der Waals surface area (Å²) in [7, 11) is -10.7. The van der Waals surface area contributed by atoms with E-state index in [9.17, 15) is 43.7 Å². The lowest BCUT2D eigenvalue weighted by atomic mass is 9.76. The maximum atomic E-state index is 12.1. The van der Waals surface area contributed by atoms with Gasteiger partial charge in [0.25, 0.3) is 10.1 Å². The largest absolute Gasteiger partial charge is 0.744 e. The van der Waals surface area contributed by atoms with Crippen LogP contribution in [0.4, 0.5) is 11.4 Å². The van der Waals surface area contributed by atoms with E-state index in [0.29, 0.717) is 67.8 Å². The molecule has 0 amide bonds. The van der Waals surface area contributed by atoms with Crippen molar-refractivity contribution >= 4 is 53.4 Å². The van der Waals surface area contributed by atoms with Crippen LogP contribution >= 0.6 is 0 Å². The molecule has 0 radical (unpaired) electrons. The number of carbonyl (C=O) groups is 1. The lowest BCUT2D eigenvalue weighted by molar-refractivity contribution is -0.437. The quantitative estimate of drug-likeness (QED) is 0.0757. The van der Waals surface area contributed by atoms with Gasteiger partial charge >= 0.3 is 5.97 Å². The Morgan fingerprint density at radius 2 is 1.43 bits per heavy atom. The number of allylic oxidation sites excluding steroid dienone is 6. The van der Waals surface area contributed by atoms with Crippen LogP contribution in [-0.2, 0) is 55.5 Å². The third-order valence-electron chi connectivity index (χ3n) is 10.4. The number of benzene rings is 2. The molecular weight excluding hydrogens is 789 g/mol. The lowest BCUT2D eigenvalue weighted by Crippen LogP contribution is -2.33. The van der Waals surface area contributed by atoms with Crippen LogP contribution in [0.1, 0.15) is 69.9 Å². The molecule has 0 bridgehead atoms. The van der Waals surface area contributed by atoms with Crippen LogP contribution in [0.15, 0.2) is 82.3 Å². The van der Waals surface area contributed by atoms with Gasteiger partial charge in [0.05, 0.1) is 21.0 Å². The Morgan fingerprint density at radius 3 is 2.02 bits per heavy atom. The number of aliphatic carboxylic acids is 1. The van der Waals surface area contributed by atoms with Crippen LogP contribution in [0.25, 0.3) is 0 Å². The van der Waals surface area contributed by atoms with E-state index < -0.39 is 57.8 Å². The van der Waals surface area contributed by atoms with Gasteiger partial charge in [0.1, 0.15) is 26.8 Å². The fraction of sp³-hybridized carbons (Fsp3) is 0.474. The Balaban J connectivity index is 1.79. The lowest BCUT2D eigenvalue weighted by Gasteiger charge is -2.30. The molecule has 2 aliphatic heterocycles. The molecule has 0 fully saturated rings. The smallest absolute Gasteiger partial charge is 0.303 e. The van der Waals surface area contributed by atoms with Crippen LogP contribution in [-0.4, -0.2) is 107 Å². The van der Waals surface area contributed by atoms with Gasteiger partial charge < -0.3 is 28.6 Å². The second kappa shape index (κ2) is 18.2. The number of anilines is 1. The number of rotatable bonds is 21. The SMILES string of the molecule is COCCC1(C)C(=CC=CC=CC2=[N+](CCCS(=O)(=O)O)c3ccc(S(=O)(=O)[O-])cc3C2(C)CCOC)N(CCCCCC(=O)O)c2ccc(S(=O)(=O)[O-])cc21. The Kier molecular flexibility index (Phi) is 14.6. The molecule has 2 atom stereocenters. The molecule has 0 saturated carbocycles. The van der Waals surface area contributed by atoms with Crippen LogP contribution in [0.2, 0.25) is 0 Å².